The topological polar surface area (TPSA) is 83.1 Å². The number of amides is 3. The average Bonchev–Trinajstić information content (AvgIpc) is 3.18. The van der Waals surface area contributed by atoms with Gasteiger partial charge >= 0.3 is 0 Å². The zero-order valence-corrected chi connectivity index (χ0v) is 15.5. The molecule has 2 fully saturated rings. The molecule has 0 unspecified atom stereocenters. The predicted molar refractivity (Wildman–Crippen MR) is 96.1 cm³/mol. The summed E-state index contributed by atoms with van der Waals surface area (Å²) in [5.74, 6) is -1.50. The van der Waals surface area contributed by atoms with Gasteiger partial charge in [0.2, 0.25) is 17.4 Å². The minimum absolute atomic E-state index is 0.106. The first kappa shape index (κ1) is 17.2. The van der Waals surface area contributed by atoms with E-state index in [1.54, 1.807) is 0 Å². The number of nitrogens with zero attached hydrogens (tertiary/aromatic N) is 1. The summed E-state index contributed by atoms with van der Waals surface area (Å²) >= 11 is 0. The maximum Gasteiger partial charge on any atom is 0.291 e. The number of imide groups is 1. The van der Waals surface area contributed by atoms with Gasteiger partial charge in [-0.1, -0.05) is 26.3 Å². The van der Waals surface area contributed by atoms with Crippen LogP contribution in [-0.4, -0.2) is 35.2 Å². The van der Waals surface area contributed by atoms with Crippen molar-refractivity contribution in [1.82, 2.24) is 4.90 Å². The van der Waals surface area contributed by atoms with E-state index in [-0.39, 0.29) is 23.8 Å². The van der Waals surface area contributed by atoms with Crippen LogP contribution in [0.15, 0.2) is 18.2 Å². The van der Waals surface area contributed by atoms with E-state index in [0.717, 1.165) is 36.1 Å². The Balaban J connectivity index is 1.83. The third-order valence-electron chi connectivity index (χ3n) is 6.32. The average molecular weight is 356 g/mol. The number of rotatable bonds is 4. The second-order valence-electron chi connectivity index (χ2n) is 7.77. The largest absolute Gasteiger partial charge is 0.326 e. The van der Waals surface area contributed by atoms with Crippen molar-refractivity contribution in [3.05, 3.63) is 29.3 Å². The van der Waals surface area contributed by atoms with Crippen molar-refractivity contribution in [3.63, 3.8) is 0 Å². The number of nitrogens with one attached hydrogen (secondary N) is 1. The van der Waals surface area contributed by atoms with Crippen molar-refractivity contribution in [2.75, 3.05) is 11.9 Å². The van der Waals surface area contributed by atoms with Gasteiger partial charge in [-0.25, -0.2) is 0 Å². The number of quaternary nitrogens is 1. The van der Waals surface area contributed by atoms with Crippen LogP contribution in [0.4, 0.5) is 5.69 Å². The van der Waals surface area contributed by atoms with E-state index < -0.39 is 17.4 Å². The Hall–Kier alpha value is -2.21. The highest BCUT2D eigenvalue weighted by Crippen LogP contribution is 2.49. The summed E-state index contributed by atoms with van der Waals surface area (Å²) < 4.78 is 0. The van der Waals surface area contributed by atoms with Gasteiger partial charge in [-0.3, -0.25) is 19.3 Å². The molecule has 3 N–H and O–H groups in total. The first-order valence-electron chi connectivity index (χ1n) is 9.61. The number of aryl methyl sites for hydroxylation is 1. The van der Waals surface area contributed by atoms with Gasteiger partial charge in [0, 0.05) is 12.1 Å². The predicted octanol–water partition coefficient (Wildman–Crippen LogP) is 0.763. The van der Waals surface area contributed by atoms with Gasteiger partial charge in [-0.05, 0) is 37.5 Å². The van der Waals surface area contributed by atoms with Crippen LogP contribution in [0.3, 0.4) is 0 Å². The van der Waals surface area contributed by atoms with Gasteiger partial charge in [-0.15, -0.1) is 0 Å². The molecule has 3 aliphatic rings. The van der Waals surface area contributed by atoms with Crippen LogP contribution in [0.5, 0.6) is 0 Å². The van der Waals surface area contributed by atoms with Crippen LogP contribution in [-0.2, 0) is 26.3 Å². The molecule has 26 heavy (non-hydrogen) atoms. The van der Waals surface area contributed by atoms with E-state index >= 15 is 0 Å². The maximum absolute atomic E-state index is 13.2. The Morgan fingerprint density at radius 2 is 1.96 bits per heavy atom. The second-order valence-corrected chi connectivity index (χ2v) is 7.77. The van der Waals surface area contributed by atoms with Crippen molar-refractivity contribution in [1.29, 1.82) is 0 Å². The Labute approximate surface area is 153 Å². The van der Waals surface area contributed by atoms with Crippen molar-refractivity contribution in [2.45, 2.75) is 51.6 Å². The molecule has 0 saturated carbocycles. The number of hydrogen-bond acceptors (Lipinski definition) is 3. The lowest BCUT2D eigenvalue weighted by atomic mass is 9.76. The third kappa shape index (κ3) is 2.05. The summed E-state index contributed by atoms with van der Waals surface area (Å²) in [6.07, 6.45) is 2.57. The highest BCUT2D eigenvalue weighted by molar-refractivity contribution is 6.13. The molecule has 4 rings (SSSR count). The molecule has 6 heteroatoms. The number of unbranched alkanes of at least 4 members (excludes halogenated alkanes) is 1. The molecule has 2 saturated heterocycles. The quantitative estimate of drug-likeness (QED) is 0.782. The molecule has 138 valence electrons. The summed E-state index contributed by atoms with van der Waals surface area (Å²) in [5, 5.41) is 4.91. The van der Waals surface area contributed by atoms with Crippen LogP contribution < -0.4 is 10.6 Å². The normalized spacial score (nSPS) is 32.3. The molecule has 4 atom stereocenters. The molecule has 0 aliphatic carbocycles. The highest BCUT2D eigenvalue weighted by atomic mass is 16.2. The molecule has 1 aromatic rings. The molecule has 6 nitrogen and oxygen atoms in total. The maximum atomic E-state index is 13.2. The molecular weight excluding hydrogens is 330 g/mol. The first-order valence-corrected chi connectivity index (χ1v) is 9.61. The van der Waals surface area contributed by atoms with Crippen LogP contribution in [0.1, 0.15) is 44.7 Å². The Kier molecular flexibility index (Phi) is 3.91. The molecule has 1 spiro atoms. The van der Waals surface area contributed by atoms with Crippen molar-refractivity contribution < 1.29 is 19.7 Å². The van der Waals surface area contributed by atoms with E-state index in [9.17, 15) is 14.4 Å². The van der Waals surface area contributed by atoms with E-state index in [1.165, 1.54) is 4.90 Å². The minimum Gasteiger partial charge on any atom is -0.326 e. The lowest BCUT2D eigenvalue weighted by Gasteiger charge is -2.26. The lowest BCUT2D eigenvalue weighted by Crippen LogP contribution is -2.98. The van der Waals surface area contributed by atoms with E-state index in [0.29, 0.717) is 6.54 Å². The first-order chi connectivity index (χ1) is 12.5. The molecule has 3 heterocycles. The van der Waals surface area contributed by atoms with Gasteiger partial charge < -0.3 is 10.6 Å². The number of anilines is 1. The number of hydrogen-bond donors (Lipinski definition) is 2. The van der Waals surface area contributed by atoms with Crippen LogP contribution >= 0.6 is 0 Å². The van der Waals surface area contributed by atoms with Gasteiger partial charge in [-0.2, -0.15) is 0 Å². The number of carbonyl (C=O) groups is 3. The van der Waals surface area contributed by atoms with E-state index in [4.69, 9.17) is 0 Å². The Morgan fingerprint density at radius 3 is 2.65 bits per heavy atom. The molecule has 1 aromatic carbocycles. The number of likely N-dealkylation sites (tertiary alicyclic amines) is 1. The van der Waals surface area contributed by atoms with Crippen LogP contribution in [0.2, 0.25) is 0 Å². The fourth-order valence-electron chi connectivity index (χ4n) is 5.00. The zero-order valence-electron chi connectivity index (χ0n) is 15.5. The van der Waals surface area contributed by atoms with Gasteiger partial charge in [0.1, 0.15) is 11.8 Å². The number of nitrogens with two attached hydrogens (primary N) is 1. The van der Waals surface area contributed by atoms with Crippen LogP contribution in [0.25, 0.3) is 0 Å². The molecule has 3 amide bonds. The van der Waals surface area contributed by atoms with Crippen molar-refractivity contribution in [2.24, 2.45) is 11.8 Å². The number of benzene rings is 1. The van der Waals surface area contributed by atoms with Crippen molar-refractivity contribution in [3.8, 4) is 0 Å². The zero-order chi connectivity index (χ0) is 18.6. The van der Waals surface area contributed by atoms with Crippen LogP contribution in [0, 0.1) is 11.8 Å². The molecule has 3 aliphatic heterocycles. The Bertz CT molecular complexity index is 805. The SMILES string of the molecule is CCCCN1C(=O)[C@@H]2[C@H](C)[NH2+][C@]3(C(=O)Nc4ccc(CC)cc43)[C@@H]2C1=O. The summed E-state index contributed by atoms with van der Waals surface area (Å²) in [6.45, 7) is 6.51. The fourth-order valence-corrected chi connectivity index (χ4v) is 5.00. The van der Waals surface area contributed by atoms with Crippen molar-refractivity contribution >= 4 is 23.4 Å². The summed E-state index contributed by atoms with van der Waals surface area (Å²) in [5.41, 5.74) is 1.74. The fraction of sp³-hybridized carbons (Fsp3) is 0.550. The van der Waals surface area contributed by atoms with Gasteiger partial charge in [0.25, 0.3) is 5.91 Å². The minimum atomic E-state index is -1.02. The molecular formula is C20H26N3O3+. The van der Waals surface area contributed by atoms with E-state index in [1.807, 2.05) is 37.4 Å². The summed E-state index contributed by atoms with van der Waals surface area (Å²) in [6, 6.07) is 5.85. The van der Waals surface area contributed by atoms with Gasteiger partial charge in [0.15, 0.2) is 0 Å². The molecule has 0 aromatic heterocycles. The smallest absolute Gasteiger partial charge is 0.291 e. The third-order valence-corrected chi connectivity index (χ3v) is 6.32. The lowest BCUT2D eigenvalue weighted by molar-refractivity contribution is -0.730. The van der Waals surface area contributed by atoms with E-state index in [2.05, 4.69) is 12.2 Å². The highest BCUT2D eigenvalue weighted by Gasteiger charge is 2.73. The molecule has 0 bridgehead atoms. The monoisotopic (exact) mass is 356 g/mol. The number of fused-ring (bicyclic) bond motifs is 4. The second kappa shape index (κ2) is 5.91. The molecule has 0 radical (unpaired) electrons. The summed E-state index contributed by atoms with van der Waals surface area (Å²) in [4.78, 5) is 40.7. The summed E-state index contributed by atoms with van der Waals surface area (Å²) in [7, 11) is 0. The Morgan fingerprint density at radius 1 is 1.19 bits per heavy atom. The number of carbonyl (C=O) groups excluding carboxylic acids is 3. The van der Waals surface area contributed by atoms with Gasteiger partial charge in [0.05, 0.1) is 11.7 Å². The standard InChI is InChI=1S/C20H25N3O3/c1-4-6-9-23-17(24)15-11(3)22-20(16(15)18(23)25)13-10-12(5-2)7-8-14(13)21-19(20)26/h7-8,10-11,15-16,22H,4-6,9H2,1-3H3,(H,21,26)/p+1/t11-,15+,16-,20-/m0/s1.